The summed E-state index contributed by atoms with van der Waals surface area (Å²) in [7, 11) is 1.65. The van der Waals surface area contributed by atoms with E-state index in [0.717, 1.165) is 40.4 Å². The van der Waals surface area contributed by atoms with Gasteiger partial charge in [-0.15, -0.1) is 11.8 Å². The van der Waals surface area contributed by atoms with Gasteiger partial charge in [0.2, 0.25) is 5.91 Å². The molecule has 0 radical (unpaired) electrons. The Balaban J connectivity index is 1.69. The second kappa shape index (κ2) is 7.65. The summed E-state index contributed by atoms with van der Waals surface area (Å²) in [5.74, 6) is 0.0741. The van der Waals surface area contributed by atoms with Crippen LogP contribution in [0.1, 0.15) is 12.0 Å². The van der Waals surface area contributed by atoms with Gasteiger partial charge in [-0.25, -0.2) is 0 Å². The molecule has 1 aromatic carbocycles. The van der Waals surface area contributed by atoms with Gasteiger partial charge in [-0.1, -0.05) is 6.08 Å². The Morgan fingerprint density at radius 3 is 2.88 bits per heavy atom. The molecule has 0 fully saturated rings. The molecule has 1 amide bonds. The van der Waals surface area contributed by atoms with Crippen molar-refractivity contribution >= 4 is 40.1 Å². The van der Waals surface area contributed by atoms with Crippen molar-refractivity contribution in [3.05, 3.63) is 36.0 Å². The highest BCUT2D eigenvalue weighted by Gasteiger charge is 2.19. The Labute approximate surface area is 149 Å². The third-order valence-electron chi connectivity index (χ3n) is 4.25. The largest absolute Gasteiger partial charge is 0.497 e. The number of carbonyl (C=O) groups is 2. The molecule has 0 unspecified atom stereocenters. The van der Waals surface area contributed by atoms with Crippen molar-refractivity contribution in [2.45, 2.75) is 6.42 Å². The number of rotatable bonds is 6. The molecule has 1 aromatic heterocycles. The van der Waals surface area contributed by atoms with E-state index in [1.54, 1.807) is 12.0 Å². The molecule has 132 valence electrons. The average molecular weight is 360 g/mol. The van der Waals surface area contributed by atoms with Crippen LogP contribution in [0.2, 0.25) is 0 Å². The highest BCUT2D eigenvalue weighted by Crippen LogP contribution is 2.31. The van der Waals surface area contributed by atoms with Gasteiger partial charge in [0.25, 0.3) is 0 Å². The normalized spacial score (nSPS) is 14.4. The first kappa shape index (κ1) is 17.4. The summed E-state index contributed by atoms with van der Waals surface area (Å²) in [5, 5.41) is 9.75. The number of carbonyl (C=O) groups excluding carboxylic acids is 1. The molecule has 0 saturated heterocycles. The number of H-pyrrole nitrogens is 1. The van der Waals surface area contributed by atoms with Crippen molar-refractivity contribution in [3.63, 3.8) is 0 Å². The van der Waals surface area contributed by atoms with E-state index < -0.39 is 5.97 Å². The summed E-state index contributed by atoms with van der Waals surface area (Å²) < 4.78 is 5.31. The molecular weight excluding hydrogens is 340 g/mol. The summed E-state index contributed by atoms with van der Waals surface area (Å²) in [6.45, 7) is 1.20. The molecule has 0 bridgehead atoms. The standard InChI is InChI=1S/C18H20N2O4S/c1-24-13-2-3-16-14(8-13)15(9-19-16)12-4-6-20(7-5-12)17(21)10-25-11-18(22)23/h2-4,8-9,19H,5-7,10-11H2,1H3,(H,22,23). The van der Waals surface area contributed by atoms with Gasteiger partial charge in [-0.05, 0) is 30.2 Å². The number of benzene rings is 1. The number of carboxylic acids is 1. The molecule has 2 heterocycles. The van der Waals surface area contributed by atoms with Gasteiger partial charge in [0.15, 0.2) is 0 Å². The molecule has 0 aliphatic carbocycles. The highest BCUT2D eigenvalue weighted by atomic mass is 32.2. The third kappa shape index (κ3) is 3.99. The van der Waals surface area contributed by atoms with E-state index in [1.807, 2.05) is 24.4 Å². The van der Waals surface area contributed by atoms with Crippen LogP contribution in [0.15, 0.2) is 30.5 Å². The van der Waals surface area contributed by atoms with Crippen LogP contribution in [0.4, 0.5) is 0 Å². The molecule has 0 saturated carbocycles. The van der Waals surface area contributed by atoms with Crippen LogP contribution in [-0.2, 0) is 9.59 Å². The number of fused-ring (bicyclic) bond motifs is 1. The zero-order valence-corrected chi connectivity index (χ0v) is 14.8. The van der Waals surface area contributed by atoms with Crippen LogP contribution in [-0.4, -0.2) is 58.6 Å². The van der Waals surface area contributed by atoms with Crippen molar-refractivity contribution in [1.29, 1.82) is 0 Å². The lowest BCUT2D eigenvalue weighted by Gasteiger charge is -2.26. The van der Waals surface area contributed by atoms with Crippen molar-refractivity contribution in [1.82, 2.24) is 9.88 Å². The smallest absolute Gasteiger partial charge is 0.313 e. The van der Waals surface area contributed by atoms with E-state index in [9.17, 15) is 9.59 Å². The van der Waals surface area contributed by atoms with E-state index >= 15 is 0 Å². The van der Waals surface area contributed by atoms with Crippen LogP contribution < -0.4 is 4.74 Å². The van der Waals surface area contributed by atoms with Gasteiger partial charge in [0, 0.05) is 35.8 Å². The predicted molar refractivity (Wildman–Crippen MR) is 99.0 cm³/mol. The number of hydrogen-bond acceptors (Lipinski definition) is 4. The third-order valence-corrected chi connectivity index (χ3v) is 5.15. The topological polar surface area (TPSA) is 82.6 Å². The number of nitrogens with one attached hydrogen (secondary N) is 1. The number of hydrogen-bond donors (Lipinski definition) is 2. The Morgan fingerprint density at radius 1 is 1.36 bits per heavy atom. The summed E-state index contributed by atoms with van der Waals surface area (Å²) in [6, 6.07) is 5.94. The van der Waals surface area contributed by atoms with Crippen LogP contribution in [0.25, 0.3) is 16.5 Å². The van der Waals surface area contributed by atoms with E-state index in [2.05, 4.69) is 11.1 Å². The number of aliphatic carboxylic acids is 1. The number of carboxylic acid groups (broad SMARTS) is 1. The lowest BCUT2D eigenvalue weighted by atomic mass is 9.99. The molecule has 1 aliphatic rings. The Kier molecular flexibility index (Phi) is 5.33. The number of nitrogens with zero attached hydrogens (tertiary/aromatic N) is 1. The molecule has 25 heavy (non-hydrogen) atoms. The zero-order chi connectivity index (χ0) is 17.8. The number of methoxy groups -OCH3 is 1. The molecule has 7 heteroatoms. The molecule has 0 spiro atoms. The first-order chi connectivity index (χ1) is 12.1. The van der Waals surface area contributed by atoms with Crippen molar-refractivity contribution < 1.29 is 19.4 Å². The van der Waals surface area contributed by atoms with Gasteiger partial charge in [0.1, 0.15) is 5.75 Å². The fourth-order valence-electron chi connectivity index (χ4n) is 2.95. The van der Waals surface area contributed by atoms with Crippen molar-refractivity contribution in [2.24, 2.45) is 0 Å². The SMILES string of the molecule is COc1ccc2[nH]cc(C3=CCN(C(=O)CSCC(=O)O)CC3)c2c1. The summed E-state index contributed by atoms with van der Waals surface area (Å²) in [4.78, 5) is 27.7. The van der Waals surface area contributed by atoms with Crippen LogP contribution in [0.3, 0.4) is 0 Å². The quantitative estimate of drug-likeness (QED) is 0.827. The fraction of sp³-hybridized carbons (Fsp3) is 0.333. The zero-order valence-electron chi connectivity index (χ0n) is 13.9. The molecule has 3 rings (SSSR count). The van der Waals surface area contributed by atoms with Gasteiger partial charge in [0.05, 0.1) is 18.6 Å². The minimum Gasteiger partial charge on any atom is -0.497 e. The monoisotopic (exact) mass is 360 g/mol. The fourth-order valence-corrected chi connectivity index (χ4v) is 3.58. The second-order valence-corrected chi connectivity index (χ2v) is 6.81. The van der Waals surface area contributed by atoms with Crippen molar-refractivity contribution in [3.8, 4) is 5.75 Å². The highest BCUT2D eigenvalue weighted by molar-refractivity contribution is 8.00. The molecule has 0 atom stereocenters. The lowest BCUT2D eigenvalue weighted by Crippen LogP contribution is -2.36. The van der Waals surface area contributed by atoms with E-state index in [-0.39, 0.29) is 17.4 Å². The van der Waals surface area contributed by atoms with Gasteiger partial charge < -0.3 is 19.7 Å². The number of thioether (sulfide) groups is 1. The van der Waals surface area contributed by atoms with Gasteiger partial charge >= 0.3 is 5.97 Å². The van der Waals surface area contributed by atoms with Crippen LogP contribution in [0, 0.1) is 0 Å². The average Bonchev–Trinajstić information content (AvgIpc) is 3.04. The predicted octanol–water partition coefficient (Wildman–Crippen LogP) is 2.61. The lowest BCUT2D eigenvalue weighted by molar-refractivity contribution is -0.133. The molecule has 6 nitrogen and oxygen atoms in total. The first-order valence-corrected chi connectivity index (χ1v) is 9.16. The minimum absolute atomic E-state index is 0.0119. The van der Waals surface area contributed by atoms with Gasteiger partial charge in [-0.2, -0.15) is 0 Å². The van der Waals surface area contributed by atoms with Crippen LogP contribution >= 0.6 is 11.8 Å². The van der Waals surface area contributed by atoms with Crippen molar-refractivity contribution in [2.75, 3.05) is 31.7 Å². The molecule has 1 aliphatic heterocycles. The molecular formula is C18H20N2O4S. The Hall–Kier alpha value is -2.41. The Morgan fingerprint density at radius 2 is 2.20 bits per heavy atom. The maximum absolute atomic E-state index is 12.1. The summed E-state index contributed by atoms with van der Waals surface area (Å²) >= 11 is 1.14. The number of amides is 1. The van der Waals surface area contributed by atoms with Gasteiger partial charge in [-0.3, -0.25) is 9.59 Å². The van der Waals surface area contributed by atoms with E-state index in [4.69, 9.17) is 9.84 Å². The van der Waals surface area contributed by atoms with E-state index in [1.165, 1.54) is 5.57 Å². The maximum Gasteiger partial charge on any atom is 0.313 e. The van der Waals surface area contributed by atoms with Crippen LogP contribution in [0.5, 0.6) is 5.75 Å². The first-order valence-electron chi connectivity index (χ1n) is 8.00. The molecule has 2 N–H and O–H groups in total. The summed E-state index contributed by atoms with van der Waals surface area (Å²) in [5.41, 5.74) is 3.41. The number of aromatic nitrogens is 1. The maximum atomic E-state index is 12.1. The number of ether oxygens (including phenoxy) is 1. The Bertz CT molecular complexity index is 828. The number of aromatic amines is 1. The van der Waals surface area contributed by atoms with E-state index in [0.29, 0.717) is 13.1 Å². The second-order valence-electron chi connectivity index (χ2n) is 5.82. The summed E-state index contributed by atoms with van der Waals surface area (Å²) in [6.07, 6.45) is 4.85. The minimum atomic E-state index is -0.895. The molecule has 2 aromatic rings.